The van der Waals surface area contributed by atoms with E-state index in [1.165, 1.54) is 16.4 Å². The number of amides is 1. The van der Waals surface area contributed by atoms with Gasteiger partial charge in [-0.1, -0.05) is 12.1 Å². The molecule has 2 aliphatic heterocycles. The van der Waals surface area contributed by atoms with Gasteiger partial charge < -0.3 is 15.1 Å². The Morgan fingerprint density at radius 1 is 0.939 bits per heavy atom. The van der Waals surface area contributed by atoms with E-state index in [4.69, 9.17) is 0 Å². The van der Waals surface area contributed by atoms with Crippen molar-refractivity contribution in [3.05, 3.63) is 53.8 Å². The van der Waals surface area contributed by atoms with E-state index >= 15 is 0 Å². The van der Waals surface area contributed by atoms with Crippen LogP contribution in [0.3, 0.4) is 0 Å². The number of carbonyl (C=O) groups excluding carboxylic acids is 1. The number of anilines is 3. The van der Waals surface area contributed by atoms with Gasteiger partial charge in [-0.2, -0.15) is 4.31 Å². The Balaban J connectivity index is 1.38. The molecule has 2 heterocycles. The molecule has 1 N–H and O–H groups in total. The second kappa shape index (κ2) is 10.1. The highest BCUT2D eigenvalue weighted by molar-refractivity contribution is 7.89. The molecule has 2 aromatic carbocycles. The van der Waals surface area contributed by atoms with E-state index in [0.717, 1.165) is 49.3 Å². The van der Waals surface area contributed by atoms with Crippen molar-refractivity contribution in [1.29, 1.82) is 0 Å². The van der Waals surface area contributed by atoms with Crippen LogP contribution in [0.5, 0.6) is 0 Å². The number of nitrogens with zero attached hydrogens (tertiary/aromatic N) is 3. The van der Waals surface area contributed by atoms with Crippen molar-refractivity contribution >= 4 is 33.0 Å². The molecule has 33 heavy (non-hydrogen) atoms. The molecule has 7 nitrogen and oxygen atoms in total. The Kier molecular flexibility index (Phi) is 7.19. The molecule has 178 valence electrons. The quantitative estimate of drug-likeness (QED) is 0.696. The molecule has 1 amide bonds. The lowest BCUT2D eigenvalue weighted by Crippen LogP contribution is -2.50. The fourth-order valence-electron chi connectivity index (χ4n) is 4.51. The number of carbonyl (C=O) groups is 1. The Bertz CT molecular complexity index is 1090. The number of sulfonamides is 1. The number of halogens is 1. The minimum atomic E-state index is -3.78. The van der Waals surface area contributed by atoms with Gasteiger partial charge in [0.25, 0.3) is 0 Å². The van der Waals surface area contributed by atoms with Crippen LogP contribution in [0, 0.1) is 12.7 Å². The van der Waals surface area contributed by atoms with Crippen molar-refractivity contribution < 1.29 is 17.6 Å². The van der Waals surface area contributed by atoms with Crippen molar-refractivity contribution in [2.24, 2.45) is 0 Å². The normalized spacial score (nSPS) is 17.8. The van der Waals surface area contributed by atoms with Crippen LogP contribution in [-0.2, 0) is 14.8 Å². The zero-order valence-electron chi connectivity index (χ0n) is 19.0. The molecule has 9 heteroatoms. The highest BCUT2D eigenvalue weighted by Gasteiger charge is 2.29. The van der Waals surface area contributed by atoms with Crippen LogP contribution in [-0.4, -0.2) is 63.7 Å². The van der Waals surface area contributed by atoms with E-state index in [0.29, 0.717) is 31.9 Å². The molecule has 2 aromatic rings. The number of piperazine rings is 1. The van der Waals surface area contributed by atoms with Crippen molar-refractivity contribution in [2.45, 2.75) is 26.2 Å². The summed E-state index contributed by atoms with van der Waals surface area (Å²) in [6.07, 6.45) is 3.22. The summed E-state index contributed by atoms with van der Waals surface area (Å²) in [6.45, 7) is 5.46. The molecule has 0 aromatic heterocycles. The summed E-state index contributed by atoms with van der Waals surface area (Å²) < 4.78 is 41.1. The minimum absolute atomic E-state index is 0.321. The van der Waals surface area contributed by atoms with Gasteiger partial charge in [-0.05, 0) is 62.1 Å². The summed E-state index contributed by atoms with van der Waals surface area (Å²) in [5, 5.41) is 2.65. The Labute approximate surface area is 195 Å². The summed E-state index contributed by atoms with van der Waals surface area (Å²) >= 11 is 0. The van der Waals surface area contributed by atoms with Gasteiger partial charge in [-0.25, -0.2) is 12.8 Å². The third-order valence-electron chi connectivity index (χ3n) is 6.24. The number of aryl methyl sites for hydroxylation is 1. The lowest BCUT2D eigenvalue weighted by atomic mass is 10.1. The van der Waals surface area contributed by atoms with Crippen molar-refractivity contribution in [1.82, 2.24) is 4.31 Å². The molecule has 2 fully saturated rings. The van der Waals surface area contributed by atoms with Crippen LogP contribution in [0.4, 0.5) is 21.5 Å². The molecule has 0 spiro atoms. The van der Waals surface area contributed by atoms with Gasteiger partial charge in [-0.15, -0.1) is 0 Å². The molecule has 2 aliphatic rings. The number of hydrogen-bond acceptors (Lipinski definition) is 5. The summed E-state index contributed by atoms with van der Waals surface area (Å²) in [4.78, 5) is 16.9. The van der Waals surface area contributed by atoms with Gasteiger partial charge in [0.15, 0.2) is 0 Å². The zero-order valence-corrected chi connectivity index (χ0v) is 19.8. The first-order chi connectivity index (χ1) is 15.8. The molecule has 0 unspecified atom stereocenters. The summed E-state index contributed by atoms with van der Waals surface area (Å²) in [5.41, 5.74) is 3.27. The highest BCUT2D eigenvalue weighted by Crippen LogP contribution is 2.29. The number of rotatable bonds is 6. The SMILES string of the molecule is Cc1cccc(N2CCN(S(=O)(=O)CC(=O)Nc3cc(F)ccc3N3CCCCC3)CC2)c1. The molecule has 0 bridgehead atoms. The van der Waals surface area contributed by atoms with E-state index < -0.39 is 27.5 Å². The van der Waals surface area contributed by atoms with E-state index in [1.807, 2.05) is 25.1 Å². The second-order valence-corrected chi connectivity index (χ2v) is 10.7. The molecule has 0 atom stereocenters. The number of hydrogen-bond donors (Lipinski definition) is 1. The standard InChI is InChI=1S/C24H31FN4O3S/c1-19-6-5-7-21(16-19)27-12-14-29(15-13-27)33(31,32)18-24(30)26-22-17-20(25)8-9-23(22)28-10-3-2-4-11-28/h5-9,16-17H,2-4,10-15,18H2,1H3,(H,26,30). The summed E-state index contributed by atoms with van der Waals surface area (Å²) in [5.74, 6) is -1.78. The molecular weight excluding hydrogens is 443 g/mol. The number of benzene rings is 2. The smallest absolute Gasteiger partial charge is 0.241 e. The lowest BCUT2D eigenvalue weighted by Gasteiger charge is -2.35. The fourth-order valence-corrected chi connectivity index (χ4v) is 5.82. The number of nitrogens with one attached hydrogen (secondary N) is 1. The van der Waals surface area contributed by atoms with Crippen LogP contribution in [0.2, 0.25) is 0 Å². The monoisotopic (exact) mass is 474 g/mol. The minimum Gasteiger partial charge on any atom is -0.370 e. The van der Waals surface area contributed by atoms with Crippen molar-refractivity contribution in [2.75, 3.05) is 60.1 Å². The lowest BCUT2D eigenvalue weighted by molar-refractivity contribution is -0.113. The van der Waals surface area contributed by atoms with Crippen LogP contribution in [0.25, 0.3) is 0 Å². The molecule has 4 rings (SSSR count). The average Bonchev–Trinajstić information content (AvgIpc) is 2.79. The number of piperidine rings is 1. The van der Waals surface area contributed by atoms with E-state index in [9.17, 15) is 17.6 Å². The van der Waals surface area contributed by atoms with Crippen LogP contribution in [0.15, 0.2) is 42.5 Å². The maximum atomic E-state index is 13.9. The van der Waals surface area contributed by atoms with E-state index in [1.54, 1.807) is 6.07 Å². The Hall–Kier alpha value is -2.65. The highest BCUT2D eigenvalue weighted by atomic mass is 32.2. The van der Waals surface area contributed by atoms with Crippen molar-refractivity contribution in [3.8, 4) is 0 Å². The summed E-state index contributed by atoms with van der Waals surface area (Å²) in [7, 11) is -3.78. The third-order valence-corrected chi connectivity index (χ3v) is 8.02. The maximum absolute atomic E-state index is 13.9. The van der Waals surface area contributed by atoms with Crippen LogP contribution >= 0.6 is 0 Å². The predicted molar refractivity (Wildman–Crippen MR) is 130 cm³/mol. The average molecular weight is 475 g/mol. The topological polar surface area (TPSA) is 73.0 Å². The Morgan fingerprint density at radius 2 is 1.67 bits per heavy atom. The van der Waals surface area contributed by atoms with Gasteiger partial charge >= 0.3 is 0 Å². The first kappa shape index (κ1) is 23.5. The Morgan fingerprint density at radius 3 is 2.36 bits per heavy atom. The van der Waals surface area contributed by atoms with E-state index in [-0.39, 0.29) is 0 Å². The molecule has 0 aliphatic carbocycles. The van der Waals surface area contributed by atoms with Gasteiger partial charge in [-0.3, -0.25) is 4.79 Å². The van der Waals surface area contributed by atoms with E-state index in [2.05, 4.69) is 21.2 Å². The first-order valence-corrected chi connectivity index (χ1v) is 13.1. The fraction of sp³-hybridized carbons (Fsp3) is 0.458. The second-order valence-electron chi connectivity index (χ2n) is 8.74. The third kappa shape index (κ3) is 5.83. The molecule has 0 radical (unpaired) electrons. The van der Waals surface area contributed by atoms with Crippen molar-refractivity contribution in [3.63, 3.8) is 0 Å². The largest absolute Gasteiger partial charge is 0.370 e. The molecule has 2 saturated heterocycles. The summed E-state index contributed by atoms with van der Waals surface area (Å²) in [6, 6.07) is 12.4. The van der Waals surface area contributed by atoms with Gasteiger partial charge in [0.05, 0.1) is 11.4 Å². The van der Waals surface area contributed by atoms with Crippen LogP contribution in [0.1, 0.15) is 24.8 Å². The maximum Gasteiger partial charge on any atom is 0.241 e. The predicted octanol–water partition coefficient (Wildman–Crippen LogP) is 3.21. The zero-order chi connectivity index (χ0) is 23.4. The first-order valence-electron chi connectivity index (χ1n) is 11.5. The van der Waals surface area contributed by atoms with Gasteiger partial charge in [0.2, 0.25) is 15.9 Å². The van der Waals surface area contributed by atoms with Gasteiger partial charge in [0, 0.05) is 45.0 Å². The van der Waals surface area contributed by atoms with Crippen LogP contribution < -0.4 is 15.1 Å². The van der Waals surface area contributed by atoms with Gasteiger partial charge in [0.1, 0.15) is 11.6 Å². The molecular formula is C24H31FN4O3S. The molecule has 0 saturated carbocycles.